The van der Waals surface area contributed by atoms with Gasteiger partial charge in [-0.2, -0.15) is 0 Å². The fourth-order valence-corrected chi connectivity index (χ4v) is 3.54. The molecule has 2 aliphatic rings. The summed E-state index contributed by atoms with van der Waals surface area (Å²) < 4.78 is 29.3. The van der Waals surface area contributed by atoms with Crippen molar-refractivity contribution in [3.05, 3.63) is 53.3 Å². The monoisotopic (exact) mass is 414 g/mol. The van der Waals surface area contributed by atoms with Gasteiger partial charge in [0.25, 0.3) is 5.91 Å². The van der Waals surface area contributed by atoms with Gasteiger partial charge in [-0.3, -0.25) is 14.5 Å². The second-order valence-corrected chi connectivity index (χ2v) is 7.29. The Bertz CT molecular complexity index is 1060. The van der Waals surface area contributed by atoms with E-state index in [0.717, 1.165) is 16.5 Å². The Morgan fingerprint density at radius 1 is 1.20 bits per heavy atom. The number of benzene rings is 2. The minimum Gasteiger partial charge on any atom is -0.494 e. The predicted molar refractivity (Wildman–Crippen MR) is 102 cm³/mol. The van der Waals surface area contributed by atoms with Gasteiger partial charge in [0.05, 0.1) is 13.7 Å². The number of fused-ring (bicyclic) bond motifs is 1. The molecule has 0 aliphatic carbocycles. The second kappa shape index (κ2) is 7.33. The third kappa shape index (κ3) is 3.42. The molecule has 2 aromatic rings. The summed E-state index contributed by atoms with van der Waals surface area (Å²) in [6, 6.07) is 8.32. The Morgan fingerprint density at radius 2 is 1.97 bits per heavy atom. The number of nitrogens with zero attached hydrogens (tertiary/aromatic N) is 1. The lowest BCUT2D eigenvalue weighted by molar-refractivity contribution is -0.130. The van der Waals surface area contributed by atoms with E-state index in [9.17, 15) is 18.8 Å². The van der Waals surface area contributed by atoms with Crippen molar-refractivity contribution in [1.29, 1.82) is 0 Å². The van der Waals surface area contributed by atoms with Gasteiger partial charge in [0.1, 0.15) is 5.54 Å². The number of ether oxygens (including phenoxy) is 3. The molecule has 1 atom stereocenters. The summed E-state index contributed by atoms with van der Waals surface area (Å²) in [6.45, 7) is 1.23. The van der Waals surface area contributed by atoms with Crippen molar-refractivity contribution < 1.29 is 33.0 Å². The Hall–Kier alpha value is -3.62. The van der Waals surface area contributed by atoms with Crippen LogP contribution in [0.15, 0.2) is 36.4 Å². The summed E-state index contributed by atoms with van der Waals surface area (Å²) in [5.41, 5.74) is -0.421. The van der Waals surface area contributed by atoms with E-state index < -0.39 is 35.6 Å². The molecule has 0 spiro atoms. The summed E-state index contributed by atoms with van der Waals surface area (Å²) in [7, 11) is 1.31. The van der Waals surface area contributed by atoms with Crippen LogP contribution in [-0.2, 0) is 11.2 Å². The van der Waals surface area contributed by atoms with Crippen LogP contribution in [0.3, 0.4) is 0 Å². The quantitative estimate of drug-likeness (QED) is 0.576. The zero-order valence-corrected chi connectivity index (χ0v) is 16.4. The molecule has 8 nitrogen and oxygen atoms in total. The molecule has 2 aromatic carbocycles. The zero-order valence-electron chi connectivity index (χ0n) is 16.4. The molecule has 1 fully saturated rings. The molecular formula is C21H19FN2O6. The summed E-state index contributed by atoms with van der Waals surface area (Å²) in [5.74, 6) is -0.614. The van der Waals surface area contributed by atoms with E-state index >= 15 is 0 Å². The molecule has 0 saturated carbocycles. The Morgan fingerprint density at radius 3 is 2.70 bits per heavy atom. The maximum Gasteiger partial charge on any atom is 0.325 e. The second-order valence-electron chi connectivity index (χ2n) is 7.29. The van der Waals surface area contributed by atoms with E-state index in [-0.39, 0.29) is 24.5 Å². The topological polar surface area (TPSA) is 94.2 Å². The van der Waals surface area contributed by atoms with Crippen molar-refractivity contribution in [3.8, 4) is 17.2 Å². The molecule has 2 aliphatic heterocycles. The number of urea groups is 1. The molecule has 156 valence electrons. The normalized spacial score (nSPS) is 19.8. The molecule has 3 amide bonds. The summed E-state index contributed by atoms with van der Waals surface area (Å²) in [4.78, 5) is 38.7. The highest BCUT2D eigenvalue weighted by Crippen LogP contribution is 2.34. The summed E-state index contributed by atoms with van der Waals surface area (Å²) >= 11 is 0. The Kier molecular flexibility index (Phi) is 4.81. The molecule has 0 aromatic heterocycles. The minimum atomic E-state index is -1.23. The van der Waals surface area contributed by atoms with E-state index in [1.807, 2.05) is 0 Å². The first kappa shape index (κ1) is 19.7. The summed E-state index contributed by atoms with van der Waals surface area (Å²) in [6.07, 6.45) is 0.204. The van der Waals surface area contributed by atoms with Crippen LogP contribution < -0.4 is 19.5 Å². The van der Waals surface area contributed by atoms with Crippen molar-refractivity contribution in [3.63, 3.8) is 0 Å². The largest absolute Gasteiger partial charge is 0.494 e. The van der Waals surface area contributed by atoms with Gasteiger partial charge in [0, 0.05) is 12.0 Å². The third-order valence-corrected chi connectivity index (χ3v) is 5.12. The first-order chi connectivity index (χ1) is 14.3. The molecule has 0 unspecified atom stereocenters. The van der Waals surface area contributed by atoms with Crippen LogP contribution >= 0.6 is 0 Å². The van der Waals surface area contributed by atoms with Crippen molar-refractivity contribution in [1.82, 2.24) is 10.2 Å². The molecule has 0 radical (unpaired) electrons. The molecule has 2 heterocycles. The molecule has 30 heavy (non-hydrogen) atoms. The van der Waals surface area contributed by atoms with Gasteiger partial charge >= 0.3 is 6.03 Å². The van der Waals surface area contributed by atoms with Crippen LogP contribution in [0.2, 0.25) is 0 Å². The smallest absolute Gasteiger partial charge is 0.325 e. The Balaban J connectivity index is 1.49. The van der Waals surface area contributed by atoms with Crippen molar-refractivity contribution >= 4 is 17.7 Å². The number of imide groups is 1. The van der Waals surface area contributed by atoms with Gasteiger partial charge < -0.3 is 19.5 Å². The van der Waals surface area contributed by atoms with Gasteiger partial charge in [0.15, 0.2) is 28.8 Å². The predicted octanol–water partition coefficient (Wildman–Crippen LogP) is 2.30. The van der Waals surface area contributed by atoms with Crippen molar-refractivity contribution in [2.45, 2.75) is 18.9 Å². The van der Waals surface area contributed by atoms with Crippen LogP contribution in [0.25, 0.3) is 0 Å². The number of Topliss-reactive ketones (excluding diaryl/α,β-unsaturated/α-hetero) is 1. The number of hydrogen-bond acceptors (Lipinski definition) is 6. The third-order valence-electron chi connectivity index (χ3n) is 5.12. The van der Waals surface area contributed by atoms with Gasteiger partial charge in [-0.25, -0.2) is 9.18 Å². The van der Waals surface area contributed by atoms with Gasteiger partial charge in [-0.15, -0.1) is 0 Å². The number of carbonyl (C=O) groups excluding carboxylic acids is 3. The SMILES string of the molecule is COc1ccc(C(=O)CN2C(=O)N[C@](C)(Cc3ccc4c(c3)OCO4)C2=O)cc1F. The molecule has 4 rings (SSSR count). The maximum atomic E-state index is 13.9. The number of hydrogen-bond donors (Lipinski definition) is 1. The van der Waals surface area contributed by atoms with Crippen LogP contribution in [0.4, 0.5) is 9.18 Å². The Labute approximate surface area is 171 Å². The van der Waals surface area contributed by atoms with Crippen molar-refractivity contribution in [2.75, 3.05) is 20.4 Å². The number of rotatable bonds is 6. The molecule has 9 heteroatoms. The van der Waals surface area contributed by atoms with E-state index in [1.54, 1.807) is 25.1 Å². The lowest BCUT2D eigenvalue weighted by Crippen LogP contribution is -2.46. The van der Waals surface area contributed by atoms with Crippen LogP contribution in [0.1, 0.15) is 22.8 Å². The first-order valence-corrected chi connectivity index (χ1v) is 9.20. The van der Waals surface area contributed by atoms with E-state index in [2.05, 4.69) is 5.32 Å². The van der Waals surface area contributed by atoms with Crippen LogP contribution in [0, 0.1) is 5.82 Å². The fraction of sp³-hybridized carbons (Fsp3) is 0.286. The van der Waals surface area contributed by atoms with E-state index in [0.29, 0.717) is 11.5 Å². The minimum absolute atomic E-state index is 0.00200. The average molecular weight is 414 g/mol. The zero-order chi connectivity index (χ0) is 21.5. The van der Waals surface area contributed by atoms with Gasteiger partial charge in [-0.1, -0.05) is 6.07 Å². The van der Waals surface area contributed by atoms with Crippen LogP contribution in [0.5, 0.6) is 17.2 Å². The highest BCUT2D eigenvalue weighted by Gasteiger charge is 2.48. The molecule has 0 bridgehead atoms. The highest BCUT2D eigenvalue weighted by atomic mass is 19.1. The van der Waals surface area contributed by atoms with E-state index in [1.165, 1.54) is 19.2 Å². The molecule has 1 saturated heterocycles. The number of nitrogens with one attached hydrogen (secondary N) is 1. The van der Waals surface area contributed by atoms with Gasteiger partial charge in [0.2, 0.25) is 6.79 Å². The number of carbonyl (C=O) groups is 3. The fourth-order valence-electron chi connectivity index (χ4n) is 3.54. The number of halogens is 1. The standard InChI is InChI=1S/C21H19FN2O6/c1-21(9-12-3-5-17-18(7-12)30-11-29-17)19(26)24(20(27)23-21)10-15(25)13-4-6-16(28-2)14(22)8-13/h3-8H,9-11H2,1-2H3,(H,23,27)/t21-/m1/s1. The molecule has 1 N–H and O–H groups in total. The van der Waals surface area contributed by atoms with E-state index in [4.69, 9.17) is 14.2 Å². The van der Waals surface area contributed by atoms with Crippen LogP contribution in [-0.4, -0.2) is 48.6 Å². The maximum absolute atomic E-state index is 13.9. The molecular weight excluding hydrogens is 395 g/mol. The highest BCUT2D eigenvalue weighted by molar-refractivity contribution is 6.11. The number of methoxy groups -OCH3 is 1. The van der Waals surface area contributed by atoms with Crippen molar-refractivity contribution in [2.24, 2.45) is 0 Å². The number of ketones is 1. The number of amides is 3. The first-order valence-electron chi connectivity index (χ1n) is 9.20. The summed E-state index contributed by atoms with van der Waals surface area (Å²) in [5, 5.41) is 2.65. The van der Waals surface area contributed by atoms with Gasteiger partial charge in [-0.05, 0) is 42.8 Å². The lowest BCUT2D eigenvalue weighted by atomic mass is 9.92. The average Bonchev–Trinajstić information content (AvgIpc) is 3.25. The lowest BCUT2D eigenvalue weighted by Gasteiger charge is -2.21.